The van der Waals surface area contributed by atoms with Crippen LogP contribution in [0.4, 0.5) is 10.1 Å². The molecule has 2 aromatic carbocycles. The van der Waals surface area contributed by atoms with Crippen LogP contribution in [0.25, 0.3) is 0 Å². The molecule has 0 bridgehead atoms. The van der Waals surface area contributed by atoms with Crippen LogP contribution in [-0.2, 0) is 14.8 Å². The summed E-state index contributed by atoms with van der Waals surface area (Å²) in [4.78, 5) is 13.8. The molecule has 1 atom stereocenters. The van der Waals surface area contributed by atoms with Crippen molar-refractivity contribution in [2.75, 3.05) is 31.5 Å². The second-order valence-electron chi connectivity index (χ2n) is 7.09. The van der Waals surface area contributed by atoms with E-state index in [1.807, 2.05) is 13.8 Å². The van der Waals surface area contributed by atoms with Crippen molar-refractivity contribution < 1.29 is 22.5 Å². The molecule has 1 heterocycles. The summed E-state index contributed by atoms with van der Waals surface area (Å²) in [6.45, 7) is 5.54. The number of halogens is 1. The van der Waals surface area contributed by atoms with Crippen LogP contribution in [0.1, 0.15) is 12.5 Å². The van der Waals surface area contributed by atoms with Gasteiger partial charge in [-0.25, -0.2) is 12.8 Å². The summed E-state index contributed by atoms with van der Waals surface area (Å²) in [5.41, 5.74) is 1.55. The summed E-state index contributed by atoms with van der Waals surface area (Å²) in [5.74, 6) is -0.529. The molecule has 1 aliphatic rings. The van der Waals surface area contributed by atoms with Gasteiger partial charge in [0.05, 0.1) is 31.1 Å². The maximum atomic E-state index is 13.0. The molecule has 1 fully saturated rings. The molecule has 1 saturated heterocycles. The average molecular weight is 407 g/mol. The number of sulfonamides is 1. The lowest BCUT2D eigenvalue weighted by Crippen LogP contribution is -3.19. The number of benzene rings is 2. The number of amides is 1. The molecule has 2 aromatic rings. The van der Waals surface area contributed by atoms with Gasteiger partial charge in [-0.3, -0.25) is 4.79 Å². The molecule has 28 heavy (non-hydrogen) atoms. The second kappa shape index (κ2) is 8.38. The zero-order chi connectivity index (χ0) is 20.3. The number of rotatable bonds is 5. The van der Waals surface area contributed by atoms with Crippen molar-refractivity contribution in [3.8, 4) is 0 Å². The van der Waals surface area contributed by atoms with Crippen LogP contribution < -0.4 is 10.2 Å². The maximum Gasteiger partial charge on any atom is 0.282 e. The van der Waals surface area contributed by atoms with E-state index in [9.17, 15) is 17.6 Å². The first-order chi connectivity index (χ1) is 13.3. The molecule has 0 aliphatic carbocycles. The third kappa shape index (κ3) is 4.57. The van der Waals surface area contributed by atoms with Crippen LogP contribution in [0, 0.1) is 12.7 Å². The van der Waals surface area contributed by atoms with E-state index in [1.54, 1.807) is 24.3 Å². The van der Waals surface area contributed by atoms with E-state index in [4.69, 9.17) is 0 Å². The van der Waals surface area contributed by atoms with Gasteiger partial charge in [0.25, 0.3) is 5.91 Å². The van der Waals surface area contributed by atoms with Crippen molar-refractivity contribution in [3.05, 3.63) is 59.9 Å². The predicted molar refractivity (Wildman–Crippen MR) is 105 cm³/mol. The van der Waals surface area contributed by atoms with Crippen LogP contribution in [0.5, 0.6) is 0 Å². The Morgan fingerprint density at radius 2 is 1.64 bits per heavy atom. The topological polar surface area (TPSA) is 70.9 Å². The molecule has 0 radical (unpaired) electrons. The van der Waals surface area contributed by atoms with Gasteiger partial charge < -0.3 is 10.2 Å². The van der Waals surface area contributed by atoms with Crippen LogP contribution >= 0.6 is 0 Å². The molecule has 0 unspecified atom stereocenters. The van der Waals surface area contributed by atoms with Crippen molar-refractivity contribution in [1.29, 1.82) is 0 Å². The first-order valence-electron chi connectivity index (χ1n) is 9.25. The highest BCUT2D eigenvalue weighted by Crippen LogP contribution is 2.16. The molecule has 6 nitrogen and oxygen atoms in total. The normalized spacial score (nSPS) is 17.2. The van der Waals surface area contributed by atoms with Crippen molar-refractivity contribution in [2.24, 2.45) is 0 Å². The molecule has 150 valence electrons. The van der Waals surface area contributed by atoms with Gasteiger partial charge in [0.1, 0.15) is 5.82 Å². The SMILES string of the molecule is Cc1ccc(S(=O)(=O)N2CC[NH+]([C@@H](C)C(=O)Nc3ccc(F)cc3)CC2)cc1. The Morgan fingerprint density at radius 1 is 1.07 bits per heavy atom. The van der Waals surface area contributed by atoms with Crippen molar-refractivity contribution in [2.45, 2.75) is 24.8 Å². The second-order valence-corrected chi connectivity index (χ2v) is 9.03. The molecule has 2 N–H and O–H groups in total. The van der Waals surface area contributed by atoms with Gasteiger partial charge in [0, 0.05) is 5.69 Å². The lowest BCUT2D eigenvalue weighted by Gasteiger charge is -2.34. The van der Waals surface area contributed by atoms with E-state index in [-0.39, 0.29) is 17.8 Å². The fourth-order valence-corrected chi connectivity index (χ4v) is 4.72. The smallest absolute Gasteiger partial charge is 0.282 e. The molecule has 0 aromatic heterocycles. The number of nitrogens with zero attached hydrogens (tertiary/aromatic N) is 1. The minimum absolute atomic E-state index is 0.170. The number of anilines is 1. The predicted octanol–water partition coefficient (Wildman–Crippen LogP) is 1.05. The van der Waals surface area contributed by atoms with Gasteiger partial charge in [-0.2, -0.15) is 4.31 Å². The number of hydrogen-bond donors (Lipinski definition) is 2. The summed E-state index contributed by atoms with van der Waals surface area (Å²) >= 11 is 0. The maximum absolute atomic E-state index is 13.0. The van der Waals surface area contributed by atoms with E-state index in [2.05, 4.69) is 5.32 Å². The molecule has 0 spiro atoms. The number of hydrogen-bond acceptors (Lipinski definition) is 3. The highest BCUT2D eigenvalue weighted by atomic mass is 32.2. The zero-order valence-electron chi connectivity index (χ0n) is 16.0. The van der Waals surface area contributed by atoms with E-state index < -0.39 is 10.0 Å². The summed E-state index contributed by atoms with van der Waals surface area (Å²) < 4.78 is 40.0. The first kappa shape index (κ1) is 20.4. The Balaban J connectivity index is 1.58. The Morgan fingerprint density at radius 3 is 2.21 bits per heavy atom. The van der Waals surface area contributed by atoms with Crippen LogP contribution in [-0.4, -0.2) is 50.9 Å². The van der Waals surface area contributed by atoms with Crippen LogP contribution in [0.15, 0.2) is 53.4 Å². The standard InChI is InChI=1S/C20H24FN3O3S/c1-15-3-9-19(10-4-15)28(26,27)24-13-11-23(12-14-24)16(2)20(25)22-18-7-5-17(21)6-8-18/h3-10,16H,11-14H2,1-2H3,(H,22,25)/p+1/t16-/m0/s1. The number of carbonyl (C=O) groups is 1. The van der Waals surface area contributed by atoms with Crippen LogP contribution in [0.3, 0.4) is 0 Å². The third-order valence-corrected chi connectivity index (χ3v) is 7.05. The summed E-state index contributed by atoms with van der Waals surface area (Å²) in [6.07, 6.45) is 0. The fraction of sp³-hybridized carbons (Fsp3) is 0.350. The first-order valence-corrected chi connectivity index (χ1v) is 10.7. The van der Waals surface area contributed by atoms with Crippen LogP contribution in [0.2, 0.25) is 0 Å². The number of piperazine rings is 1. The van der Waals surface area contributed by atoms with E-state index >= 15 is 0 Å². The van der Waals surface area contributed by atoms with Crippen molar-refractivity contribution in [1.82, 2.24) is 4.31 Å². The lowest BCUT2D eigenvalue weighted by molar-refractivity contribution is -0.917. The van der Waals surface area contributed by atoms with E-state index in [0.29, 0.717) is 36.8 Å². The van der Waals surface area contributed by atoms with Crippen molar-refractivity contribution in [3.63, 3.8) is 0 Å². The fourth-order valence-electron chi connectivity index (χ4n) is 3.28. The molecule has 1 aliphatic heterocycles. The largest absolute Gasteiger partial charge is 0.323 e. The van der Waals surface area contributed by atoms with Gasteiger partial charge in [0.2, 0.25) is 10.0 Å². The summed E-state index contributed by atoms with van der Waals surface area (Å²) in [7, 11) is -3.52. The molecule has 8 heteroatoms. The molecule has 0 saturated carbocycles. The monoisotopic (exact) mass is 406 g/mol. The molecule has 3 rings (SSSR count). The molecular formula is C20H25FN3O3S+. The molecular weight excluding hydrogens is 381 g/mol. The molecule has 1 amide bonds. The van der Waals surface area contributed by atoms with E-state index in [1.165, 1.54) is 28.6 Å². The third-order valence-electron chi connectivity index (χ3n) is 5.14. The Hall–Kier alpha value is -2.29. The summed E-state index contributed by atoms with van der Waals surface area (Å²) in [5, 5.41) is 2.78. The average Bonchev–Trinajstić information content (AvgIpc) is 2.69. The minimum Gasteiger partial charge on any atom is -0.323 e. The Bertz CT molecular complexity index is 922. The quantitative estimate of drug-likeness (QED) is 0.780. The zero-order valence-corrected chi connectivity index (χ0v) is 16.8. The lowest BCUT2D eigenvalue weighted by atomic mass is 10.2. The van der Waals surface area contributed by atoms with Gasteiger partial charge in [0.15, 0.2) is 6.04 Å². The minimum atomic E-state index is -3.52. The number of nitrogens with one attached hydrogen (secondary N) is 2. The van der Waals surface area contributed by atoms with E-state index in [0.717, 1.165) is 10.5 Å². The van der Waals surface area contributed by atoms with Gasteiger partial charge in [-0.05, 0) is 50.2 Å². The van der Waals surface area contributed by atoms with Gasteiger partial charge in [-0.15, -0.1) is 0 Å². The highest BCUT2D eigenvalue weighted by molar-refractivity contribution is 7.89. The number of quaternary nitrogens is 1. The van der Waals surface area contributed by atoms with Gasteiger partial charge >= 0.3 is 0 Å². The Labute approximate surface area is 165 Å². The Kier molecular flexibility index (Phi) is 6.12. The van der Waals surface area contributed by atoms with Gasteiger partial charge in [-0.1, -0.05) is 17.7 Å². The highest BCUT2D eigenvalue weighted by Gasteiger charge is 2.34. The number of carbonyl (C=O) groups excluding carboxylic acids is 1. The summed E-state index contributed by atoms with van der Waals surface area (Å²) in [6, 6.07) is 12.1. The number of aryl methyl sites for hydroxylation is 1. The van der Waals surface area contributed by atoms with Crippen molar-refractivity contribution >= 4 is 21.6 Å².